The van der Waals surface area contributed by atoms with Gasteiger partial charge in [-0.15, -0.1) is 0 Å². The summed E-state index contributed by atoms with van der Waals surface area (Å²) in [6.45, 7) is 0. The Hall–Kier alpha value is -2.10. The first kappa shape index (κ1) is 16.1. The average molecular weight is 386 g/mol. The van der Waals surface area contributed by atoms with Gasteiger partial charge in [-0.1, -0.05) is 53.5 Å². The Morgan fingerprint density at radius 2 is 1.42 bits per heavy atom. The van der Waals surface area contributed by atoms with Crippen LogP contribution in [0.15, 0.2) is 48.5 Å². The first-order valence-corrected chi connectivity index (χ1v) is 9.48. The largest absolute Gasteiger partial charge is 0.494 e. The SMILES string of the molecule is Oc1c2c(c(O)n1-c1cc(Cl)cc(Cl)c1)C1CC2C[C@H]1c1ccccc1. The van der Waals surface area contributed by atoms with Crippen molar-refractivity contribution in [2.75, 3.05) is 0 Å². The molecule has 3 atom stereocenters. The van der Waals surface area contributed by atoms with Gasteiger partial charge in [-0.25, -0.2) is 0 Å². The lowest BCUT2D eigenvalue weighted by Crippen LogP contribution is -2.07. The summed E-state index contributed by atoms with van der Waals surface area (Å²) in [5.74, 6) is 1.07. The molecule has 0 saturated heterocycles. The minimum atomic E-state index is 0.101. The fraction of sp³-hybridized carbons (Fsp3) is 0.238. The van der Waals surface area contributed by atoms with Crippen LogP contribution in [0, 0.1) is 0 Å². The molecule has 1 aromatic heterocycles. The van der Waals surface area contributed by atoms with Gasteiger partial charge in [-0.2, -0.15) is 0 Å². The van der Waals surface area contributed by atoms with E-state index in [0.29, 0.717) is 21.7 Å². The number of halogens is 2. The van der Waals surface area contributed by atoms with Gasteiger partial charge in [0, 0.05) is 21.2 Å². The lowest BCUT2D eigenvalue weighted by molar-refractivity contribution is 0.394. The number of aromatic hydroxyl groups is 2. The minimum absolute atomic E-state index is 0.101. The van der Waals surface area contributed by atoms with E-state index in [1.54, 1.807) is 18.2 Å². The molecular weight excluding hydrogens is 369 g/mol. The van der Waals surface area contributed by atoms with Crippen LogP contribution in [0.3, 0.4) is 0 Å². The summed E-state index contributed by atoms with van der Waals surface area (Å²) < 4.78 is 1.47. The number of aromatic nitrogens is 1. The van der Waals surface area contributed by atoms with Gasteiger partial charge >= 0.3 is 0 Å². The molecule has 2 aromatic carbocycles. The van der Waals surface area contributed by atoms with Crippen molar-refractivity contribution in [3.05, 3.63) is 75.3 Å². The maximum absolute atomic E-state index is 11.0. The van der Waals surface area contributed by atoms with Crippen LogP contribution in [0.1, 0.15) is 47.3 Å². The van der Waals surface area contributed by atoms with Gasteiger partial charge < -0.3 is 10.2 Å². The van der Waals surface area contributed by atoms with Crippen molar-refractivity contribution in [1.29, 1.82) is 0 Å². The van der Waals surface area contributed by atoms with E-state index in [1.807, 2.05) is 6.07 Å². The fourth-order valence-corrected chi connectivity index (χ4v) is 5.44. The molecular formula is C21H17Cl2NO2. The van der Waals surface area contributed by atoms with Crippen LogP contribution in [0.2, 0.25) is 10.0 Å². The summed E-state index contributed by atoms with van der Waals surface area (Å²) >= 11 is 12.2. The van der Waals surface area contributed by atoms with E-state index in [1.165, 1.54) is 10.1 Å². The van der Waals surface area contributed by atoms with Crippen LogP contribution in [-0.4, -0.2) is 14.8 Å². The fourth-order valence-electron chi connectivity index (χ4n) is 4.92. The molecule has 0 aliphatic heterocycles. The van der Waals surface area contributed by atoms with E-state index < -0.39 is 0 Å². The summed E-state index contributed by atoms with van der Waals surface area (Å²) in [6, 6.07) is 15.4. The third-order valence-corrected chi connectivity index (χ3v) is 6.31. The Morgan fingerprint density at radius 1 is 0.808 bits per heavy atom. The van der Waals surface area contributed by atoms with Crippen molar-refractivity contribution >= 4 is 23.2 Å². The molecule has 132 valence electrons. The summed E-state index contributed by atoms with van der Waals surface area (Å²) in [4.78, 5) is 0. The minimum Gasteiger partial charge on any atom is -0.494 e. The van der Waals surface area contributed by atoms with Crippen molar-refractivity contribution in [2.45, 2.75) is 30.6 Å². The molecule has 2 aliphatic rings. The molecule has 5 rings (SSSR count). The Labute approximate surface area is 161 Å². The average Bonchev–Trinajstić information content (AvgIpc) is 3.26. The molecule has 1 saturated carbocycles. The Bertz CT molecular complexity index is 992. The lowest BCUT2D eigenvalue weighted by atomic mass is 9.81. The monoisotopic (exact) mass is 385 g/mol. The topological polar surface area (TPSA) is 45.4 Å². The van der Waals surface area contributed by atoms with Crippen LogP contribution in [0.5, 0.6) is 11.8 Å². The third-order valence-electron chi connectivity index (χ3n) is 5.87. The Morgan fingerprint density at radius 3 is 2.12 bits per heavy atom. The molecule has 3 nitrogen and oxygen atoms in total. The molecule has 0 amide bonds. The molecule has 0 spiro atoms. The molecule has 2 bridgehead atoms. The molecule has 1 fully saturated rings. The van der Waals surface area contributed by atoms with Gasteiger partial charge in [-0.05, 0) is 54.4 Å². The quantitative estimate of drug-likeness (QED) is 0.571. The molecule has 0 radical (unpaired) electrons. The normalized spacial score (nSPS) is 23.4. The second-order valence-corrected chi connectivity index (χ2v) is 8.10. The maximum atomic E-state index is 11.0. The lowest BCUT2D eigenvalue weighted by Gasteiger charge is -2.22. The van der Waals surface area contributed by atoms with Gasteiger partial charge in [0.05, 0.1) is 5.69 Å². The number of nitrogens with zero attached hydrogens (tertiary/aromatic N) is 1. The predicted molar refractivity (Wildman–Crippen MR) is 103 cm³/mol. The molecule has 5 heteroatoms. The maximum Gasteiger partial charge on any atom is 0.202 e. The number of hydrogen-bond donors (Lipinski definition) is 2. The number of rotatable bonds is 2. The highest BCUT2D eigenvalue weighted by molar-refractivity contribution is 6.34. The van der Waals surface area contributed by atoms with Gasteiger partial charge in [0.2, 0.25) is 11.8 Å². The van der Waals surface area contributed by atoms with E-state index in [0.717, 1.165) is 24.0 Å². The van der Waals surface area contributed by atoms with Crippen molar-refractivity contribution in [2.24, 2.45) is 0 Å². The van der Waals surface area contributed by atoms with E-state index >= 15 is 0 Å². The van der Waals surface area contributed by atoms with Crippen LogP contribution in [0.25, 0.3) is 5.69 Å². The van der Waals surface area contributed by atoms with Crippen molar-refractivity contribution in [3.8, 4) is 17.4 Å². The number of hydrogen-bond acceptors (Lipinski definition) is 2. The first-order chi connectivity index (χ1) is 12.5. The van der Waals surface area contributed by atoms with Crippen molar-refractivity contribution in [3.63, 3.8) is 0 Å². The summed E-state index contributed by atoms with van der Waals surface area (Å²) in [5, 5.41) is 22.8. The molecule has 2 aliphatic carbocycles. The predicted octanol–water partition coefficient (Wildman–Crippen LogP) is 5.95. The van der Waals surface area contributed by atoms with Crippen molar-refractivity contribution < 1.29 is 10.2 Å². The first-order valence-electron chi connectivity index (χ1n) is 8.72. The van der Waals surface area contributed by atoms with Gasteiger partial charge in [-0.3, -0.25) is 4.57 Å². The standard InChI is InChI=1S/C21H17Cl2NO2/c22-13-8-14(23)10-15(9-13)24-20(25)18-12-6-16(11-4-2-1-3-5-11)17(7-12)19(18)21(24)26/h1-5,8-10,12,16-17,25-26H,6-7H2/t12?,16-,17?/m0/s1. The van der Waals surface area contributed by atoms with E-state index in [-0.39, 0.29) is 23.6 Å². The summed E-state index contributed by atoms with van der Waals surface area (Å²) in [6.07, 6.45) is 1.97. The highest BCUT2D eigenvalue weighted by Crippen LogP contribution is 2.65. The number of benzene rings is 2. The third kappa shape index (κ3) is 2.20. The zero-order valence-corrected chi connectivity index (χ0v) is 15.4. The van der Waals surface area contributed by atoms with Crippen LogP contribution in [0.4, 0.5) is 0 Å². The Balaban J connectivity index is 1.64. The second kappa shape index (κ2) is 5.70. The molecule has 1 heterocycles. The Kier molecular flexibility index (Phi) is 3.53. The van der Waals surface area contributed by atoms with Gasteiger partial charge in [0.25, 0.3) is 0 Å². The summed E-state index contributed by atoms with van der Waals surface area (Å²) in [7, 11) is 0. The molecule has 3 aromatic rings. The van der Waals surface area contributed by atoms with E-state index in [9.17, 15) is 10.2 Å². The highest BCUT2D eigenvalue weighted by Gasteiger charge is 2.49. The van der Waals surface area contributed by atoms with Crippen molar-refractivity contribution in [1.82, 2.24) is 4.57 Å². The van der Waals surface area contributed by atoms with Gasteiger partial charge in [0.15, 0.2) is 0 Å². The van der Waals surface area contributed by atoms with Crippen LogP contribution in [-0.2, 0) is 0 Å². The van der Waals surface area contributed by atoms with E-state index in [4.69, 9.17) is 23.2 Å². The van der Waals surface area contributed by atoms with Crippen LogP contribution < -0.4 is 0 Å². The smallest absolute Gasteiger partial charge is 0.202 e. The zero-order chi connectivity index (χ0) is 18.0. The van der Waals surface area contributed by atoms with E-state index in [2.05, 4.69) is 24.3 Å². The highest BCUT2D eigenvalue weighted by atomic mass is 35.5. The van der Waals surface area contributed by atoms with Crippen LogP contribution >= 0.6 is 23.2 Å². The van der Waals surface area contributed by atoms with Gasteiger partial charge in [0.1, 0.15) is 0 Å². The molecule has 2 N–H and O–H groups in total. The molecule has 2 unspecified atom stereocenters. The second-order valence-electron chi connectivity index (χ2n) is 7.23. The molecule has 26 heavy (non-hydrogen) atoms. The number of fused-ring (bicyclic) bond motifs is 5. The summed E-state index contributed by atoms with van der Waals surface area (Å²) in [5.41, 5.74) is 3.63. The zero-order valence-electron chi connectivity index (χ0n) is 13.9.